The van der Waals surface area contributed by atoms with Gasteiger partial charge in [0.25, 0.3) is 5.91 Å². The molecule has 3 amide bonds. The van der Waals surface area contributed by atoms with E-state index in [1.54, 1.807) is 22.5 Å². The van der Waals surface area contributed by atoms with E-state index in [2.05, 4.69) is 5.32 Å². The Kier molecular flexibility index (Phi) is 10.3. The molecule has 1 aliphatic rings. The van der Waals surface area contributed by atoms with Gasteiger partial charge >= 0.3 is 0 Å². The fourth-order valence-corrected chi connectivity index (χ4v) is 3.85. The van der Waals surface area contributed by atoms with Crippen molar-refractivity contribution in [1.82, 2.24) is 15.7 Å². The maximum absolute atomic E-state index is 13.1. The van der Waals surface area contributed by atoms with Gasteiger partial charge < -0.3 is 15.1 Å². The second kappa shape index (κ2) is 12.9. The zero-order valence-corrected chi connectivity index (χ0v) is 18.7. The monoisotopic (exact) mass is 432 g/mol. The van der Waals surface area contributed by atoms with Crippen LogP contribution in [0.25, 0.3) is 0 Å². The fraction of sp³-hybridized carbons (Fsp3) is 0.609. The number of hydrogen-bond acceptors (Lipinski definition) is 5. The van der Waals surface area contributed by atoms with Crippen LogP contribution in [0.15, 0.2) is 24.3 Å². The average molecular weight is 433 g/mol. The first kappa shape index (κ1) is 24.7. The van der Waals surface area contributed by atoms with Crippen LogP contribution in [0, 0.1) is 0 Å². The second-order valence-corrected chi connectivity index (χ2v) is 8.42. The molecule has 1 fully saturated rings. The minimum absolute atomic E-state index is 0.0297. The van der Waals surface area contributed by atoms with Crippen LogP contribution in [-0.2, 0) is 9.59 Å². The first-order valence-corrected chi connectivity index (χ1v) is 11.2. The second-order valence-electron chi connectivity index (χ2n) is 8.42. The summed E-state index contributed by atoms with van der Waals surface area (Å²) in [6.07, 6.45) is 7.72. The van der Waals surface area contributed by atoms with E-state index >= 15 is 0 Å². The lowest BCUT2D eigenvalue weighted by molar-refractivity contribution is -0.129. The molecule has 0 heterocycles. The summed E-state index contributed by atoms with van der Waals surface area (Å²) in [7, 11) is 3.88. The van der Waals surface area contributed by atoms with E-state index < -0.39 is 5.91 Å². The Balaban J connectivity index is 1.96. The summed E-state index contributed by atoms with van der Waals surface area (Å²) in [6.45, 7) is 0.467. The molecule has 1 aliphatic carbocycles. The quantitative estimate of drug-likeness (QED) is 0.283. The molecule has 0 unspecified atom stereocenters. The van der Waals surface area contributed by atoms with Crippen molar-refractivity contribution in [2.24, 2.45) is 0 Å². The highest BCUT2D eigenvalue weighted by Gasteiger charge is 2.21. The highest BCUT2D eigenvalue weighted by Crippen LogP contribution is 2.18. The Bertz CT molecular complexity index is 715. The molecular weight excluding hydrogens is 396 g/mol. The number of carbonyl (C=O) groups excluding carboxylic acids is 3. The Labute approximate surface area is 184 Å². The van der Waals surface area contributed by atoms with Crippen molar-refractivity contribution < 1.29 is 19.6 Å². The van der Waals surface area contributed by atoms with Crippen LogP contribution in [0.2, 0.25) is 0 Å². The Morgan fingerprint density at radius 2 is 1.65 bits per heavy atom. The van der Waals surface area contributed by atoms with E-state index in [1.807, 2.05) is 31.1 Å². The molecule has 31 heavy (non-hydrogen) atoms. The van der Waals surface area contributed by atoms with E-state index in [4.69, 9.17) is 5.21 Å². The standard InChI is InChI=1S/C23H36N4O4/c1-26(2)20-14-12-18(13-15-20)23(30)27(16-8-4-7-11-21(28)25-31)17-22(29)24-19-9-5-3-6-10-19/h12-15,19,31H,3-11,16-17H2,1-2H3,(H,24,29)(H,25,28). The van der Waals surface area contributed by atoms with Gasteiger partial charge in [-0.05, 0) is 49.9 Å². The van der Waals surface area contributed by atoms with Crippen LogP contribution >= 0.6 is 0 Å². The van der Waals surface area contributed by atoms with E-state index in [9.17, 15) is 14.4 Å². The number of carbonyl (C=O) groups is 3. The highest BCUT2D eigenvalue weighted by molar-refractivity contribution is 5.96. The summed E-state index contributed by atoms with van der Waals surface area (Å²) in [6, 6.07) is 7.56. The van der Waals surface area contributed by atoms with Crippen LogP contribution in [0.1, 0.15) is 68.1 Å². The molecule has 1 saturated carbocycles. The molecule has 0 aromatic heterocycles. The Hall–Kier alpha value is -2.61. The zero-order chi connectivity index (χ0) is 22.6. The van der Waals surface area contributed by atoms with Crippen LogP contribution in [0.3, 0.4) is 0 Å². The summed E-state index contributed by atoms with van der Waals surface area (Å²) in [5, 5.41) is 11.6. The van der Waals surface area contributed by atoms with Crippen molar-refractivity contribution in [1.29, 1.82) is 0 Å². The summed E-state index contributed by atoms with van der Waals surface area (Å²) >= 11 is 0. The number of nitrogens with zero attached hydrogens (tertiary/aromatic N) is 2. The van der Waals surface area contributed by atoms with Crippen molar-refractivity contribution in [3.63, 3.8) is 0 Å². The number of benzene rings is 1. The third-order valence-corrected chi connectivity index (χ3v) is 5.68. The first-order valence-electron chi connectivity index (χ1n) is 11.2. The van der Waals surface area contributed by atoms with Gasteiger partial charge in [-0.25, -0.2) is 5.48 Å². The predicted octanol–water partition coefficient (Wildman–Crippen LogP) is 2.71. The lowest BCUT2D eigenvalue weighted by atomic mass is 9.95. The average Bonchev–Trinajstić information content (AvgIpc) is 2.78. The molecule has 0 atom stereocenters. The van der Waals surface area contributed by atoms with Gasteiger partial charge in [-0.1, -0.05) is 25.7 Å². The van der Waals surface area contributed by atoms with Gasteiger partial charge in [0.15, 0.2) is 0 Å². The minimum Gasteiger partial charge on any atom is -0.378 e. The lowest BCUT2D eigenvalue weighted by Gasteiger charge is -2.26. The third kappa shape index (κ3) is 8.57. The molecule has 8 heteroatoms. The van der Waals surface area contributed by atoms with Crippen molar-refractivity contribution in [2.45, 2.75) is 63.8 Å². The van der Waals surface area contributed by atoms with Crippen molar-refractivity contribution in [2.75, 3.05) is 32.1 Å². The number of rotatable bonds is 11. The van der Waals surface area contributed by atoms with Gasteiger partial charge in [0, 0.05) is 44.4 Å². The zero-order valence-electron chi connectivity index (χ0n) is 18.7. The summed E-state index contributed by atoms with van der Waals surface area (Å²) < 4.78 is 0. The topological polar surface area (TPSA) is 102 Å². The number of anilines is 1. The molecule has 3 N–H and O–H groups in total. The molecule has 0 radical (unpaired) electrons. The van der Waals surface area contributed by atoms with Gasteiger partial charge in [-0.15, -0.1) is 0 Å². The Morgan fingerprint density at radius 3 is 2.26 bits per heavy atom. The molecule has 1 aromatic rings. The van der Waals surface area contributed by atoms with E-state index in [-0.39, 0.29) is 30.8 Å². The van der Waals surface area contributed by atoms with Crippen LogP contribution < -0.4 is 15.7 Å². The predicted molar refractivity (Wildman–Crippen MR) is 120 cm³/mol. The van der Waals surface area contributed by atoms with Crippen molar-refractivity contribution in [3.05, 3.63) is 29.8 Å². The summed E-state index contributed by atoms with van der Waals surface area (Å²) in [5.41, 5.74) is 3.17. The van der Waals surface area contributed by atoms with Crippen molar-refractivity contribution >= 4 is 23.4 Å². The first-order chi connectivity index (χ1) is 14.9. The van der Waals surface area contributed by atoms with Crippen molar-refractivity contribution in [3.8, 4) is 0 Å². The largest absolute Gasteiger partial charge is 0.378 e. The van der Waals surface area contributed by atoms with Gasteiger partial charge in [-0.3, -0.25) is 19.6 Å². The molecule has 0 aliphatic heterocycles. The van der Waals surface area contributed by atoms with E-state index in [0.29, 0.717) is 24.9 Å². The van der Waals surface area contributed by atoms with Crippen LogP contribution in [0.5, 0.6) is 0 Å². The van der Waals surface area contributed by atoms with Gasteiger partial charge in [0.1, 0.15) is 0 Å². The maximum atomic E-state index is 13.1. The molecule has 8 nitrogen and oxygen atoms in total. The normalized spacial score (nSPS) is 14.0. The third-order valence-electron chi connectivity index (χ3n) is 5.68. The molecule has 0 bridgehead atoms. The lowest BCUT2D eigenvalue weighted by Crippen LogP contribution is -2.45. The van der Waals surface area contributed by atoms with E-state index in [1.165, 1.54) is 6.42 Å². The fourth-order valence-electron chi connectivity index (χ4n) is 3.85. The van der Waals surface area contributed by atoms with Gasteiger partial charge in [-0.2, -0.15) is 0 Å². The molecule has 0 spiro atoms. The van der Waals surface area contributed by atoms with Gasteiger partial charge in [0.05, 0.1) is 6.54 Å². The Morgan fingerprint density at radius 1 is 0.968 bits per heavy atom. The smallest absolute Gasteiger partial charge is 0.254 e. The van der Waals surface area contributed by atoms with Gasteiger partial charge in [0.2, 0.25) is 11.8 Å². The maximum Gasteiger partial charge on any atom is 0.254 e. The summed E-state index contributed by atoms with van der Waals surface area (Å²) in [4.78, 5) is 40.4. The summed E-state index contributed by atoms with van der Waals surface area (Å²) in [5.74, 6) is -0.706. The molecule has 2 rings (SSSR count). The number of hydroxylamine groups is 1. The number of nitrogens with one attached hydrogen (secondary N) is 2. The van der Waals surface area contributed by atoms with E-state index in [0.717, 1.165) is 37.8 Å². The minimum atomic E-state index is -0.416. The highest BCUT2D eigenvalue weighted by atomic mass is 16.5. The molecule has 0 saturated heterocycles. The molecule has 1 aromatic carbocycles. The van der Waals surface area contributed by atoms with Crippen LogP contribution in [-0.4, -0.2) is 61.1 Å². The SMILES string of the molecule is CN(C)c1ccc(C(=O)N(CCCCCC(=O)NO)CC(=O)NC2CCCCC2)cc1. The number of unbranched alkanes of at least 4 members (excludes halogenated alkanes) is 2. The van der Waals surface area contributed by atoms with Crippen LogP contribution in [0.4, 0.5) is 5.69 Å². The molecule has 172 valence electrons. The number of hydrogen-bond donors (Lipinski definition) is 3. The number of amides is 3. The molecular formula is C23H36N4O4.